The van der Waals surface area contributed by atoms with Crippen LogP contribution in [0.5, 0.6) is 0 Å². The molecule has 4 rings (SSSR count). The van der Waals surface area contributed by atoms with Gasteiger partial charge >= 0.3 is 0 Å². The number of anilines is 3. The summed E-state index contributed by atoms with van der Waals surface area (Å²) in [5.41, 5.74) is 4.54. The number of rotatable bonds is 4. The van der Waals surface area contributed by atoms with Crippen LogP contribution < -0.4 is 10.2 Å². The van der Waals surface area contributed by atoms with E-state index in [2.05, 4.69) is 39.5 Å². The van der Waals surface area contributed by atoms with Gasteiger partial charge in [-0.3, -0.25) is 0 Å². The van der Waals surface area contributed by atoms with Gasteiger partial charge in [-0.1, -0.05) is 48.0 Å². The van der Waals surface area contributed by atoms with Gasteiger partial charge in [-0.15, -0.1) is 0 Å². The van der Waals surface area contributed by atoms with Crippen LogP contribution in [0.4, 0.5) is 17.5 Å². The van der Waals surface area contributed by atoms with Gasteiger partial charge in [0.2, 0.25) is 5.95 Å². The number of hydrogen-bond donors (Lipinski definition) is 1. The Kier molecular flexibility index (Phi) is 4.28. The van der Waals surface area contributed by atoms with E-state index in [9.17, 15) is 0 Å². The molecule has 0 saturated heterocycles. The minimum atomic E-state index is 0.631. The maximum atomic E-state index is 6.23. The van der Waals surface area contributed by atoms with Crippen molar-refractivity contribution in [3.05, 3.63) is 76.4 Å². The SMILES string of the molecule is Cc1cc(NCc2ccccc2Cl)nc(N2CCc3ccccc32)n1. The van der Waals surface area contributed by atoms with Gasteiger partial charge in [0, 0.05) is 35.6 Å². The van der Waals surface area contributed by atoms with Crippen LogP contribution in [0.15, 0.2) is 54.6 Å². The minimum absolute atomic E-state index is 0.631. The van der Waals surface area contributed by atoms with Gasteiger partial charge in [-0.25, -0.2) is 4.98 Å². The minimum Gasteiger partial charge on any atom is -0.366 e. The lowest BCUT2D eigenvalue weighted by Crippen LogP contribution is -2.17. The third-order valence-electron chi connectivity index (χ3n) is 4.39. The number of para-hydroxylation sites is 1. The van der Waals surface area contributed by atoms with Crippen LogP contribution in [0.25, 0.3) is 0 Å². The summed E-state index contributed by atoms with van der Waals surface area (Å²) in [5.74, 6) is 1.55. The summed E-state index contributed by atoms with van der Waals surface area (Å²) in [7, 11) is 0. The highest BCUT2D eigenvalue weighted by atomic mass is 35.5. The molecule has 2 heterocycles. The normalized spacial score (nSPS) is 13.0. The van der Waals surface area contributed by atoms with E-state index >= 15 is 0 Å². The fraction of sp³-hybridized carbons (Fsp3) is 0.200. The zero-order valence-corrected chi connectivity index (χ0v) is 14.8. The Morgan fingerprint density at radius 1 is 1.08 bits per heavy atom. The lowest BCUT2D eigenvalue weighted by atomic mass is 10.2. The first kappa shape index (κ1) is 15.9. The molecule has 0 fully saturated rings. The highest BCUT2D eigenvalue weighted by Gasteiger charge is 2.22. The summed E-state index contributed by atoms with van der Waals surface area (Å²) in [5, 5.41) is 4.13. The zero-order valence-electron chi connectivity index (χ0n) is 14.0. The van der Waals surface area contributed by atoms with Crippen molar-refractivity contribution in [2.45, 2.75) is 19.9 Å². The molecule has 4 nitrogen and oxygen atoms in total. The fourth-order valence-corrected chi connectivity index (χ4v) is 3.34. The molecule has 1 aliphatic rings. The molecule has 126 valence electrons. The Labute approximate surface area is 152 Å². The first-order chi connectivity index (χ1) is 12.2. The van der Waals surface area contributed by atoms with Gasteiger partial charge in [-0.05, 0) is 36.6 Å². The van der Waals surface area contributed by atoms with E-state index in [1.807, 2.05) is 37.3 Å². The van der Waals surface area contributed by atoms with Gasteiger partial charge in [0.25, 0.3) is 0 Å². The lowest BCUT2D eigenvalue weighted by Gasteiger charge is -2.18. The van der Waals surface area contributed by atoms with Gasteiger partial charge in [0.15, 0.2) is 0 Å². The van der Waals surface area contributed by atoms with Gasteiger partial charge in [0.05, 0.1) is 0 Å². The average Bonchev–Trinajstić information content (AvgIpc) is 3.05. The number of fused-ring (bicyclic) bond motifs is 1. The lowest BCUT2D eigenvalue weighted by molar-refractivity contribution is 0.926. The van der Waals surface area contributed by atoms with Crippen LogP contribution in [0.3, 0.4) is 0 Å². The Hall–Kier alpha value is -2.59. The topological polar surface area (TPSA) is 41.1 Å². The fourth-order valence-electron chi connectivity index (χ4n) is 3.14. The van der Waals surface area contributed by atoms with Crippen molar-refractivity contribution in [3.63, 3.8) is 0 Å². The molecule has 0 radical (unpaired) electrons. The molecule has 5 heteroatoms. The molecule has 0 bridgehead atoms. The molecule has 0 aliphatic carbocycles. The molecule has 0 amide bonds. The molecule has 2 aromatic carbocycles. The number of aryl methyl sites for hydroxylation is 1. The average molecular weight is 351 g/mol. The summed E-state index contributed by atoms with van der Waals surface area (Å²) < 4.78 is 0. The van der Waals surface area contributed by atoms with Crippen LogP contribution >= 0.6 is 11.6 Å². The largest absolute Gasteiger partial charge is 0.366 e. The summed E-state index contributed by atoms with van der Waals surface area (Å²) in [6, 6.07) is 18.2. The third-order valence-corrected chi connectivity index (χ3v) is 4.76. The molecular formula is C20H19ClN4. The summed E-state index contributed by atoms with van der Waals surface area (Å²) in [4.78, 5) is 11.5. The molecular weight excluding hydrogens is 332 g/mol. The predicted octanol–water partition coefficient (Wildman–Crippen LogP) is 4.74. The zero-order chi connectivity index (χ0) is 17.2. The van der Waals surface area contributed by atoms with Crippen molar-refractivity contribution in [2.75, 3.05) is 16.8 Å². The number of benzene rings is 2. The number of nitrogens with one attached hydrogen (secondary N) is 1. The molecule has 0 atom stereocenters. The first-order valence-electron chi connectivity index (χ1n) is 8.39. The van der Waals surface area contributed by atoms with Crippen LogP contribution in [0.2, 0.25) is 5.02 Å². The quantitative estimate of drug-likeness (QED) is 0.737. The van der Waals surface area contributed by atoms with Crippen LogP contribution in [-0.4, -0.2) is 16.5 Å². The molecule has 1 aliphatic heterocycles. The van der Waals surface area contributed by atoms with Crippen molar-refractivity contribution in [1.82, 2.24) is 9.97 Å². The van der Waals surface area contributed by atoms with E-state index in [1.165, 1.54) is 11.3 Å². The Morgan fingerprint density at radius 2 is 1.88 bits per heavy atom. The maximum absolute atomic E-state index is 6.23. The van der Waals surface area contributed by atoms with Crippen molar-refractivity contribution in [2.24, 2.45) is 0 Å². The Morgan fingerprint density at radius 3 is 2.76 bits per heavy atom. The number of halogens is 1. The summed E-state index contributed by atoms with van der Waals surface area (Å²) in [6.45, 7) is 3.53. The molecule has 1 aromatic heterocycles. The maximum Gasteiger partial charge on any atom is 0.232 e. The Balaban J connectivity index is 1.58. The summed E-state index contributed by atoms with van der Waals surface area (Å²) >= 11 is 6.23. The molecule has 1 N–H and O–H groups in total. The molecule has 0 saturated carbocycles. The van der Waals surface area contributed by atoms with Crippen LogP contribution in [-0.2, 0) is 13.0 Å². The first-order valence-corrected chi connectivity index (χ1v) is 8.77. The van der Waals surface area contributed by atoms with E-state index in [1.54, 1.807) is 0 Å². The monoisotopic (exact) mass is 350 g/mol. The van der Waals surface area contributed by atoms with E-state index in [0.29, 0.717) is 6.54 Å². The van der Waals surface area contributed by atoms with E-state index in [4.69, 9.17) is 16.6 Å². The van der Waals surface area contributed by atoms with Crippen LogP contribution in [0.1, 0.15) is 16.8 Å². The molecule has 0 spiro atoms. The predicted molar refractivity (Wildman–Crippen MR) is 103 cm³/mol. The highest BCUT2D eigenvalue weighted by Crippen LogP contribution is 2.32. The second-order valence-electron chi connectivity index (χ2n) is 6.17. The van der Waals surface area contributed by atoms with Crippen molar-refractivity contribution in [1.29, 1.82) is 0 Å². The summed E-state index contributed by atoms with van der Waals surface area (Å²) in [6.07, 6.45) is 1.02. The van der Waals surface area contributed by atoms with E-state index < -0.39 is 0 Å². The number of hydrogen-bond acceptors (Lipinski definition) is 4. The van der Waals surface area contributed by atoms with Crippen molar-refractivity contribution < 1.29 is 0 Å². The van der Waals surface area contributed by atoms with Gasteiger partial charge in [-0.2, -0.15) is 4.98 Å². The second kappa shape index (κ2) is 6.73. The number of nitrogens with zero attached hydrogens (tertiary/aromatic N) is 3. The van der Waals surface area contributed by atoms with E-state index in [0.717, 1.165) is 41.0 Å². The van der Waals surface area contributed by atoms with Crippen LogP contribution in [0, 0.1) is 6.92 Å². The Bertz CT molecular complexity index is 910. The van der Waals surface area contributed by atoms with Crippen molar-refractivity contribution in [3.8, 4) is 0 Å². The number of aromatic nitrogens is 2. The highest BCUT2D eigenvalue weighted by molar-refractivity contribution is 6.31. The molecule has 0 unspecified atom stereocenters. The molecule has 3 aromatic rings. The smallest absolute Gasteiger partial charge is 0.232 e. The van der Waals surface area contributed by atoms with E-state index in [-0.39, 0.29) is 0 Å². The van der Waals surface area contributed by atoms with Gasteiger partial charge < -0.3 is 10.2 Å². The van der Waals surface area contributed by atoms with Crippen molar-refractivity contribution >= 4 is 29.1 Å². The molecule has 25 heavy (non-hydrogen) atoms. The second-order valence-corrected chi connectivity index (χ2v) is 6.58. The standard InChI is InChI=1S/C20H19ClN4/c1-14-12-19(22-13-16-7-2-4-8-17(16)21)24-20(23-14)25-11-10-15-6-3-5-9-18(15)25/h2-9,12H,10-11,13H2,1H3,(H,22,23,24). The third kappa shape index (κ3) is 3.30. The van der Waals surface area contributed by atoms with Gasteiger partial charge in [0.1, 0.15) is 5.82 Å².